The van der Waals surface area contributed by atoms with E-state index < -0.39 is 0 Å². The molecule has 2 N–H and O–H groups in total. The van der Waals surface area contributed by atoms with Crippen LogP contribution >= 0.6 is 11.8 Å². The van der Waals surface area contributed by atoms with Crippen molar-refractivity contribution in [3.8, 4) is 0 Å². The van der Waals surface area contributed by atoms with Crippen molar-refractivity contribution in [3.05, 3.63) is 36.0 Å². The van der Waals surface area contributed by atoms with Gasteiger partial charge in [-0.3, -0.25) is 4.79 Å². The summed E-state index contributed by atoms with van der Waals surface area (Å²) >= 11 is 1.72. The maximum absolute atomic E-state index is 11.9. The Hall–Kier alpha value is -1.42. The van der Waals surface area contributed by atoms with Crippen molar-refractivity contribution in [2.75, 3.05) is 18.6 Å². The molecule has 16 heavy (non-hydrogen) atoms. The molecule has 1 amide bonds. The van der Waals surface area contributed by atoms with Gasteiger partial charge in [-0.05, 0) is 12.3 Å². The van der Waals surface area contributed by atoms with E-state index in [9.17, 15) is 4.79 Å². The minimum atomic E-state index is -0.00787. The van der Waals surface area contributed by atoms with E-state index in [0.717, 1.165) is 22.2 Å². The highest BCUT2D eigenvalue weighted by molar-refractivity contribution is 7.98. The fourth-order valence-corrected chi connectivity index (χ4v) is 1.93. The van der Waals surface area contributed by atoms with Crippen LogP contribution in [0.25, 0.3) is 10.9 Å². The highest BCUT2D eigenvalue weighted by atomic mass is 32.2. The normalized spacial score (nSPS) is 10.6. The summed E-state index contributed by atoms with van der Waals surface area (Å²) in [6, 6.07) is 7.81. The molecular weight excluding hydrogens is 220 g/mol. The van der Waals surface area contributed by atoms with E-state index >= 15 is 0 Å². The predicted octanol–water partition coefficient (Wildman–Crippen LogP) is 2.26. The quantitative estimate of drug-likeness (QED) is 0.797. The van der Waals surface area contributed by atoms with E-state index in [-0.39, 0.29) is 5.91 Å². The molecule has 1 aromatic heterocycles. The number of para-hydroxylation sites is 1. The molecule has 0 saturated heterocycles. The number of aromatic amines is 1. The van der Waals surface area contributed by atoms with Gasteiger partial charge in [0.1, 0.15) is 0 Å². The number of hydrogen-bond acceptors (Lipinski definition) is 2. The van der Waals surface area contributed by atoms with Crippen molar-refractivity contribution in [1.29, 1.82) is 0 Å². The summed E-state index contributed by atoms with van der Waals surface area (Å²) < 4.78 is 0. The molecule has 0 aliphatic carbocycles. The van der Waals surface area contributed by atoms with Gasteiger partial charge < -0.3 is 10.3 Å². The maximum Gasteiger partial charge on any atom is 0.253 e. The zero-order valence-corrected chi connectivity index (χ0v) is 9.93. The maximum atomic E-state index is 11.9. The summed E-state index contributed by atoms with van der Waals surface area (Å²) in [7, 11) is 0. The summed E-state index contributed by atoms with van der Waals surface area (Å²) in [4.78, 5) is 14.9. The second kappa shape index (κ2) is 5.07. The molecule has 0 spiro atoms. The third kappa shape index (κ3) is 2.22. The van der Waals surface area contributed by atoms with Crippen molar-refractivity contribution in [2.24, 2.45) is 0 Å². The third-order valence-corrected chi connectivity index (χ3v) is 3.04. The lowest BCUT2D eigenvalue weighted by molar-refractivity contribution is 0.0958. The summed E-state index contributed by atoms with van der Waals surface area (Å²) in [6.45, 7) is 0.708. The molecule has 0 unspecified atom stereocenters. The number of rotatable bonds is 4. The molecule has 0 radical (unpaired) electrons. The van der Waals surface area contributed by atoms with Crippen LogP contribution in [0, 0.1) is 0 Å². The molecule has 0 atom stereocenters. The van der Waals surface area contributed by atoms with Crippen molar-refractivity contribution in [2.45, 2.75) is 0 Å². The molecule has 0 fully saturated rings. The van der Waals surface area contributed by atoms with E-state index in [2.05, 4.69) is 10.3 Å². The first-order valence-electron chi connectivity index (χ1n) is 5.16. The number of nitrogens with one attached hydrogen (secondary N) is 2. The highest BCUT2D eigenvalue weighted by Gasteiger charge is 2.10. The molecule has 0 bridgehead atoms. The lowest BCUT2D eigenvalue weighted by atomic mass is 10.1. The minimum absolute atomic E-state index is 0.00787. The van der Waals surface area contributed by atoms with Gasteiger partial charge in [-0.2, -0.15) is 11.8 Å². The van der Waals surface area contributed by atoms with Gasteiger partial charge in [-0.25, -0.2) is 0 Å². The van der Waals surface area contributed by atoms with Crippen LogP contribution in [0.3, 0.4) is 0 Å². The summed E-state index contributed by atoms with van der Waals surface area (Å²) in [5.41, 5.74) is 1.72. The van der Waals surface area contributed by atoms with E-state index in [1.807, 2.05) is 30.5 Å². The molecule has 4 heteroatoms. The molecule has 1 aromatic carbocycles. The number of H-pyrrole nitrogens is 1. The largest absolute Gasteiger partial charge is 0.360 e. The Morgan fingerprint density at radius 1 is 1.44 bits per heavy atom. The molecule has 0 saturated carbocycles. The zero-order chi connectivity index (χ0) is 11.4. The van der Waals surface area contributed by atoms with Crippen LogP contribution in [0.4, 0.5) is 0 Å². The van der Waals surface area contributed by atoms with Gasteiger partial charge >= 0.3 is 0 Å². The molecular formula is C12H14N2OS. The lowest BCUT2D eigenvalue weighted by Gasteiger charge is -2.02. The van der Waals surface area contributed by atoms with Gasteiger partial charge in [0.25, 0.3) is 5.91 Å². The number of thioether (sulfide) groups is 1. The van der Waals surface area contributed by atoms with Gasteiger partial charge in [0.2, 0.25) is 0 Å². The number of amides is 1. The lowest BCUT2D eigenvalue weighted by Crippen LogP contribution is -2.25. The van der Waals surface area contributed by atoms with E-state index in [4.69, 9.17) is 0 Å². The molecule has 3 nitrogen and oxygen atoms in total. The second-order valence-corrected chi connectivity index (χ2v) is 4.48. The molecule has 2 rings (SSSR count). The fraction of sp³-hybridized carbons (Fsp3) is 0.250. The van der Waals surface area contributed by atoms with E-state index in [1.54, 1.807) is 18.0 Å². The third-order valence-electron chi connectivity index (χ3n) is 2.43. The van der Waals surface area contributed by atoms with Gasteiger partial charge in [0.05, 0.1) is 5.56 Å². The predicted molar refractivity (Wildman–Crippen MR) is 69.0 cm³/mol. The van der Waals surface area contributed by atoms with Crippen LogP contribution in [-0.2, 0) is 0 Å². The van der Waals surface area contributed by atoms with E-state index in [0.29, 0.717) is 6.54 Å². The Morgan fingerprint density at radius 2 is 2.25 bits per heavy atom. The fourth-order valence-electron chi connectivity index (χ4n) is 1.62. The Balaban J connectivity index is 2.17. The average molecular weight is 234 g/mol. The van der Waals surface area contributed by atoms with Crippen molar-refractivity contribution < 1.29 is 4.79 Å². The van der Waals surface area contributed by atoms with Crippen LogP contribution in [0.2, 0.25) is 0 Å². The minimum Gasteiger partial charge on any atom is -0.360 e. The summed E-state index contributed by atoms with van der Waals surface area (Å²) in [5, 5.41) is 3.87. The number of aromatic nitrogens is 1. The number of carbonyl (C=O) groups excluding carboxylic acids is 1. The van der Waals surface area contributed by atoms with Gasteiger partial charge in [-0.1, -0.05) is 18.2 Å². The van der Waals surface area contributed by atoms with Crippen LogP contribution in [0.15, 0.2) is 30.5 Å². The zero-order valence-electron chi connectivity index (χ0n) is 9.12. The molecule has 84 valence electrons. The molecule has 1 heterocycles. The average Bonchev–Trinajstić information content (AvgIpc) is 2.73. The van der Waals surface area contributed by atoms with Crippen LogP contribution < -0.4 is 5.32 Å². The molecule has 0 aliphatic heterocycles. The Labute approximate surface area is 98.6 Å². The Morgan fingerprint density at radius 3 is 3.06 bits per heavy atom. The Bertz CT molecular complexity index is 492. The van der Waals surface area contributed by atoms with Gasteiger partial charge in [0.15, 0.2) is 0 Å². The first kappa shape index (κ1) is 11.1. The van der Waals surface area contributed by atoms with Crippen LogP contribution in [0.5, 0.6) is 0 Å². The van der Waals surface area contributed by atoms with Gasteiger partial charge in [-0.15, -0.1) is 0 Å². The second-order valence-electron chi connectivity index (χ2n) is 3.50. The topological polar surface area (TPSA) is 44.9 Å². The monoisotopic (exact) mass is 234 g/mol. The molecule has 2 aromatic rings. The Kier molecular flexibility index (Phi) is 3.51. The number of fused-ring (bicyclic) bond motifs is 1. The smallest absolute Gasteiger partial charge is 0.253 e. The standard InChI is InChI=1S/C12H14N2OS/c1-16-7-6-13-12(15)10-8-14-11-5-3-2-4-9(10)11/h2-5,8,14H,6-7H2,1H3,(H,13,15). The van der Waals surface area contributed by atoms with Crippen molar-refractivity contribution in [3.63, 3.8) is 0 Å². The van der Waals surface area contributed by atoms with E-state index in [1.165, 1.54) is 0 Å². The summed E-state index contributed by atoms with van der Waals surface area (Å²) in [6.07, 6.45) is 3.79. The summed E-state index contributed by atoms with van der Waals surface area (Å²) in [5.74, 6) is 0.931. The van der Waals surface area contributed by atoms with Gasteiger partial charge in [0, 0.05) is 29.4 Å². The highest BCUT2D eigenvalue weighted by Crippen LogP contribution is 2.17. The van der Waals surface area contributed by atoms with Crippen molar-refractivity contribution in [1.82, 2.24) is 10.3 Å². The van der Waals surface area contributed by atoms with Crippen molar-refractivity contribution >= 4 is 28.6 Å². The number of hydrogen-bond donors (Lipinski definition) is 2. The number of benzene rings is 1. The number of carbonyl (C=O) groups is 1. The first-order chi connectivity index (χ1) is 7.83. The SMILES string of the molecule is CSCCNC(=O)c1c[nH]c2ccccc12. The van der Waals surface area contributed by atoms with Crippen LogP contribution in [0.1, 0.15) is 10.4 Å². The molecule has 0 aliphatic rings. The van der Waals surface area contributed by atoms with Crippen LogP contribution in [-0.4, -0.2) is 29.4 Å². The first-order valence-corrected chi connectivity index (χ1v) is 6.55.